The highest BCUT2D eigenvalue weighted by Gasteiger charge is 2.39. The van der Waals surface area contributed by atoms with E-state index < -0.39 is 29.0 Å². The Morgan fingerprint density at radius 3 is 1.52 bits per heavy atom. The van der Waals surface area contributed by atoms with Crippen LogP contribution in [0.4, 0.5) is 26.3 Å². The predicted molar refractivity (Wildman–Crippen MR) is 103 cm³/mol. The number of alkyl halides is 6. The smallest absolute Gasteiger partial charge is 0.345 e. The number of carbonyl (C=O) groups is 1. The number of nitrogens with one attached hydrogen (secondary N) is 1. The summed E-state index contributed by atoms with van der Waals surface area (Å²) < 4.78 is 80.1. The van der Waals surface area contributed by atoms with E-state index in [9.17, 15) is 31.1 Å². The normalized spacial score (nSPS) is 12.5. The van der Waals surface area contributed by atoms with Gasteiger partial charge in [0.05, 0.1) is 16.7 Å². The maximum atomic E-state index is 13.4. The molecule has 0 aliphatic rings. The summed E-state index contributed by atoms with van der Waals surface area (Å²) in [5.74, 6) is 0. The van der Waals surface area contributed by atoms with Gasteiger partial charge < -0.3 is 5.32 Å². The van der Waals surface area contributed by atoms with Crippen LogP contribution in [0.2, 0.25) is 0 Å². The van der Waals surface area contributed by atoms with E-state index >= 15 is 0 Å². The molecule has 3 aromatic rings. The van der Waals surface area contributed by atoms with E-state index in [0.717, 1.165) is 36.4 Å². The average molecular weight is 437 g/mol. The number of carbonyl (C=O) groups excluding carboxylic acids is 1. The summed E-state index contributed by atoms with van der Waals surface area (Å²) in [5, 5.41) is 2.52. The Balaban J connectivity index is 2.28. The molecule has 0 saturated heterocycles. The van der Waals surface area contributed by atoms with Crippen LogP contribution < -0.4 is 5.32 Å². The minimum Gasteiger partial charge on any atom is -0.345 e. The zero-order chi connectivity index (χ0) is 22.7. The predicted octanol–water partition coefficient (Wildman–Crippen LogP) is 5.96. The lowest BCUT2D eigenvalue weighted by atomic mass is 9.77. The van der Waals surface area contributed by atoms with E-state index in [0.29, 0.717) is 5.56 Å². The Hall–Kier alpha value is -3.29. The van der Waals surface area contributed by atoms with Crippen molar-refractivity contribution in [3.63, 3.8) is 0 Å². The van der Waals surface area contributed by atoms with E-state index in [1.165, 1.54) is 12.1 Å². The second-order valence-electron chi connectivity index (χ2n) is 6.99. The van der Waals surface area contributed by atoms with E-state index in [2.05, 4.69) is 5.32 Å². The molecule has 0 aromatic heterocycles. The summed E-state index contributed by atoms with van der Waals surface area (Å²) in [6.45, 7) is 0. The minimum atomic E-state index is -4.66. The van der Waals surface area contributed by atoms with Gasteiger partial charge in [0.1, 0.15) is 0 Å². The first kappa shape index (κ1) is 22.4. The molecule has 0 spiro atoms. The monoisotopic (exact) mass is 437 g/mol. The Morgan fingerprint density at radius 1 is 0.645 bits per heavy atom. The first-order valence-corrected chi connectivity index (χ1v) is 9.17. The number of hydrogen-bond acceptors (Lipinski definition) is 1. The number of hydrogen-bond donors (Lipinski definition) is 1. The van der Waals surface area contributed by atoms with Crippen molar-refractivity contribution in [3.05, 3.63) is 107 Å². The molecule has 0 radical (unpaired) electrons. The van der Waals surface area contributed by atoms with Gasteiger partial charge in [0.15, 0.2) is 0 Å². The highest BCUT2D eigenvalue weighted by atomic mass is 19.4. The second-order valence-corrected chi connectivity index (χ2v) is 6.99. The fraction of sp³-hybridized carbons (Fsp3) is 0.174. The van der Waals surface area contributed by atoms with Crippen LogP contribution >= 0.6 is 0 Å². The van der Waals surface area contributed by atoms with Crippen LogP contribution in [0.15, 0.2) is 78.9 Å². The van der Waals surface area contributed by atoms with Crippen LogP contribution in [0.5, 0.6) is 0 Å². The third-order valence-electron chi connectivity index (χ3n) is 4.98. The van der Waals surface area contributed by atoms with Gasteiger partial charge in [0.2, 0.25) is 6.41 Å². The topological polar surface area (TPSA) is 29.1 Å². The molecule has 0 aliphatic heterocycles. The molecule has 0 saturated carbocycles. The van der Waals surface area contributed by atoms with Crippen molar-refractivity contribution < 1.29 is 31.1 Å². The lowest BCUT2D eigenvalue weighted by Gasteiger charge is -2.36. The van der Waals surface area contributed by atoms with Gasteiger partial charge in [-0.05, 0) is 41.0 Å². The van der Waals surface area contributed by atoms with Crippen molar-refractivity contribution in [1.82, 2.24) is 5.32 Å². The number of rotatable bonds is 6. The lowest BCUT2D eigenvalue weighted by Crippen LogP contribution is -2.45. The Morgan fingerprint density at radius 2 is 1.10 bits per heavy atom. The standard InChI is InChI=1S/C23H17F6NO/c24-22(25,26)19-10-4-8-17(12-19)21(30-15-31,14-16-6-2-1-3-7-16)18-9-5-11-20(13-18)23(27,28)29/h1-13,15H,14H2,(H,30,31). The molecular formula is C23H17F6NO. The van der Waals surface area contributed by atoms with Crippen molar-refractivity contribution in [2.75, 3.05) is 0 Å². The summed E-state index contributed by atoms with van der Waals surface area (Å²) in [6.07, 6.45) is -9.11. The summed E-state index contributed by atoms with van der Waals surface area (Å²) >= 11 is 0. The SMILES string of the molecule is O=CNC(Cc1ccccc1)(c1cccc(C(F)(F)F)c1)c1cccc(C(F)(F)F)c1. The highest BCUT2D eigenvalue weighted by Crippen LogP contribution is 2.39. The van der Waals surface area contributed by atoms with Crippen molar-refractivity contribution in [3.8, 4) is 0 Å². The first-order valence-electron chi connectivity index (χ1n) is 9.17. The summed E-state index contributed by atoms with van der Waals surface area (Å²) in [6, 6.07) is 16.9. The summed E-state index contributed by atoms with van der Waals surface area (Å²) in [5.41, 5.74) is -2.96. The van der Waals surface area contributed by atoms with E-state index in [1.807, 2.05) is 0 Å². The van der Waals surface area contributed by atoms with E-state index in [-0.39, 0.29) is 24.0 Å². The molecule has 31 heavy (non-hydrogen) atoms. The van der Waals surface area contributed by atoms with Crippen LogP contribution in [0, 0.1) is 0 Å². The highest BCUT2D eigenvalue weighted by molar-refractivity contribution is 5.55. The molecule has 2 nitrogen and oxygen atoms in total. The molecule has 3 aromatic carbocycles. The molecule has 162 valence electrons. The molecule has 1 amide bonds. The molecule has 0 fully saturated rings. The molecule has 0 bridgehead atoms. The van der Waals surface area contributed by atoms with Crippen molar-refractivity contribution in [2.24, 2.45) is 0 Å². The number of benzene rings is 3. The van der Waals surface area contributed by atoms with Gasteiger partial charge in [0.25, 0.3) is 0 Å². The molecule has 0 atom stereocenters. The fourth-order valence-corrected chi connectivity index (χ4v) is 3.51. The number of halogens is 6. The molecule has 8 heteroatoms. The maximum Gasteiger partial charge on any atom is 0.416 e. The van der Waals surface area contributed by atoms with Crippen LogP contribution in [0.1, 0.15) is 27.8 Å². The fourth-order valence-electron chi connectivity index (χ4n) is 3.51. The molecular weight excluding hydrogens is 420 g/mol. The van der Waals surface area contributed by atoms with Gasteiger partial charge >= 0.3 is 12.4 Å². The third kappa shape index (κ3) is 4.90. The zero-order valence-electron chi connectivity index (χ0n) is 16.0. The first-order chi connectivity index (χ1) is 14.6. The number of amides is 1. The van der Waals surface area contributed by atoms with Gasteiger partial charge in [-0.15, -0.1) is 0 Å². The largest absolute Gasteiger partial charge is 0.416 e. The molecule has 3 rings (SSSR count). The van der Waals surface area contributed by atoms with Gasteiger partial charge in [-0.1, -0.05) is 54.6 Å². The average Bonchev–Trinajstić information content (AvgIpc) is 2.73. The van der Waals surface area contributed by atoms with Crippen LogP contribution in [-0.4, -0.2) is 6.41 Å². The molecule has 0 unspecified atom stereocenters. The van der Waals surface area contributed by atoms with Crippen molar-refractivity contribution in [2.45, 2.75) is 24.3 Å². The van der Waals surface area contributed by atoms with Gasteiger partial charge in [-0.3, -0.25) is 4.79 Å². The Labute approximate surface area is 174 Å². The Bertz CT molecular complexity index is 986. The molecule has 0 aliphatic carbocycles. The van der Waals surface area contributed by atoms with Crippen LogP contribution in [-0.2, 0) is 29.1 Å². The second kappa shape index (κ2) is 8.45. The molecule has 1 N–H and O–H groups in total. The van der Waals surface area contributed by atoms with Gasteiger partial charge in [0, 0.05) is 6.42 Å². The summed E-state index contributed by atoms with van der Waals surface area (Å²) in [4.78, 5) is 11.6. The van der Waals surface area contributed by atoms with Gasteiger partial charge in [-0.2, -0.15) is 26.3 Å². The Kier molecular flexibility index (Phi) is 6.10. The minimum absolute atomic E-state index is 0.0117. The van der Waals surface area contributed by atoms with Crippen LogP contribution in [0.25, 0.3) is 0 Å². The quantitative estimate of drug-likeness (QED) is 0.374. The zero-order valence-corrected chi connectivity index (χ0v) is 16.0. The van der Waals surface area contributed by atoms with E-state index in [4.69, 9.17) is 0 Å². The molecule has 0 heterocycles. The lowest BCUT2D eigenvalue weighted by molar-refractivity contribution is -0.138. The third-order valence-corrected chi connectivity index (χ3v) is 4.98. The van der Waals surface area contributed by atoms with E-state index in [1.54, 1.807) is 30.3 Å². The van der Waals surface area contributed by atoms with Crippen molar-refractivity contribution >= 4 is 6.41 Å². The van der Waals surface area contributed by atoms with Crippen molar-refractivity contribution in [1.29, 1.82) is 0 Å². The maximum absolute atomic E-state index is 13.4. The summed E-state index contributed by atoms with van der Waals surface area (Å²) in [7, 11) is 0. The van der Waals surface area contributed by atoms with Crippen LogP contribution in [0.3, 0.4) is 0 Å². The van der Waals surface area contributed by atoms with Gasteiger partial charge in [-0.25, -0.2) is 0 Å².